The second-order valence-corrected chi connectivity index (χ2v) is 8.01. The van der Waals surface area contributed by atoms with Gasteiger partial charge in [0, 0.05) is 26.1 Å². The number of rotatable bonds is 9. The minimum absolute atomic E-state index is 0.0639. The molecule has 1 aromatic rings. The van der Waals surface area contributed by atoms with Crippen LogP contribution in [0.5, 0.6) is 5.75 Å². The van der Waals surface area contributed by atoms with Crippen molar-refractivity contribution in [2.45, 2.75) is 20.4 Å². The normalized spacial score (nSPS) is 12.0. The number of carbonyl (C=O) groups is 1. The summed E-state index contributed by atoms with van der Waals surface area (Å²) in [4.78, 5) is 14.3. The molecule has 0 aromatic heterocycles. The van der Waals surface area contributed by atoms with Crippen LogP contribution in [0.3, 0.4) is 0 Å². The Balaban J connectivity index is 2.88. The van der Waals surface area contributed by atoms with E-state index in [2.05, 4.69) is 0 Å². The molecule has 0 saturated carbocycles. The van der Waals surface area contributed by atoms with Gasteiger partial charge in [0.05, 0.1) is 18.3 Å². The van der Waals surface area contributed by atoms with Gasteiger partial charge in [0.15, 0.2) is 0 Å². The fourth-order valence-electron chi connectivity index (χ4n) is 1.98. The van der Waals surface area contributed by atoms with Gasteiger partial charge in [-0.1, -0.05) is 12.1 Å². The number of halogens is 1. The van der Waals surface area contributed by atoms with Gasteiger partial charge in [0.25, 0.3) is 0 Å². The molecule has 0 saturated heterocycles. The van der Waals surface area contributed by atoms with E-state index in [9.17, 15) is 13.2 Å². The molecule has 136 valence electrons. The van der Waals surface area contributed by atoms with Gasteiger partial charge in [-0.2, -0.15) is 8.42 Å². The van der Waals surface area contributed by atoms with E-state index in [4.69, 9.17) is 20.5 Å². The molecule has 0 radical (unpaired) electrons. The topological polar surface area (TPSA) is 72.9 Å². The van der Waals surface area contributed by atoms with Crippen molar-refractivity contribution in [3.05, 3.63) is 29.8 Å². The molecule has 0 heterocycles. The first-order chi connectivity index (χ1) is 11.1. The zero-order valence-corrected chi connectivity index (χ0v) is 16.0. The van der Waals surface area contributed by atoms with Gasteiger partial charge in [0.2, 0.25) is 5.91 Å². The minimum atomic E-state index is -3.56. The Morgan fingerprint density at radius 2 is 1.83 bits per heavy atom. The predicted molar refractivity (Wildman–Crippen MR) is 93.7 cm³/mol. The second-order valence-electron chi connectivity index (χ2n) is 6.17. The summed E-state index contributed by atoms with van der Waals surface area (Å²) < 4.78 is 32.1. The van der Waals surface area contributed by atoms with Crippen LogP contribution in [-0.4, -0.2) is 51.6 Å². The second kappa shape index (κ2) is 8.69. The van der Waals surface area contributed by atoms with E-state index in [1.807, 2.05) is 0 Å². The molecule has 0 bridgehead atoms. The molecule has 0 fully saturated rings. The van der Waals surface area contributed by atoms with Gasteiger partial charge in [-0.15, -0.1) is 11.6 Å². The lowest BCUT2D eigenvalue weighted by molar-refractivity contribution is -0.140. The summed E-state index contributed by atoms with van der Waals surface area (Å²) in [5.74, 6) is 0.388. The van der Waals surface area contributed by atoms with Gasteiger partial charge in [-0.25, -0.2) is 0 Å². The highest BCUT2D eigenvalue weighted by Crippen LogP contribution is 2.23. The van der Waals surface area contributed by atoms with E-state index in [-0.39, 0.29) is 17.5 Å². The lowest BCUT2D eigenvalue weighted by Gasteiger charge is -2.30. The summed E-state index contributed by atoms with van der Waals surface area (Å²) in [7, 11) is -1.98. The van der Waals surface area contributed by atoms with Crippen molar-refractivity contribution in [3.63, 3.8) is 0 Å². The van der Waals surface area contributed by atoms with Crippen LogP contribution in [0.4, 0.5) is 0 Å². The summed E-state index contributed by atoms with van der Waals surface area (Å²) in [5, 5.41) is 0. The van der Waals surface area contributed by atoms with Gasteiger partial charge in [-0.3, -0.25) is 4.79 Å². The van der Waals surface area contributed by atoms with E-state index in [0.29, 0.717) is 19.7 Å². The number of ether oxygens (including phenoxy) is 1. The standard InChI is InChI=1S/C16H24ClNO5S/c1-16(2,12-17)15(19)18(9-10-22-3)11-13-5-7-14(8-6-13)23-24(4,20)21/h5-8H,9-12H2,1-4H3. The maximum absolute atomic E-state index is 12.6. The first-order valence-corrected chi connectivity index (χ1v) is 9.77. The predicted octanol–water partition coefficient (Wildman–Crippen LogP) is 2.27. The van der Waals surface area contributed by atoms with E-state index in [1.54, 1.807) is 50.1 Å². The average molecular weight is 378 g/mol. The third-order valence-corrected chi connectivity index (χ3v) is 4.47. The van der Waals surface area contributed by atoms with Crippen LogP contribution in [0.15, 0.2) is 24.3 Å². The van der Waals surface area contributed by atoms with Crippen molar-refractivity contribution in [2.24, 2.45) is 5.41 Å². The molecule has 0 atom stereocenters. The number of carbonyl (C=O) groups excluding carboxylic acids is 1. The summed E-state index contributed by atoms with van der Waals surface area (Å²) in [6.45, 7) is 4.83. The molecule has 0 unspecified atom stereocenters. The maximum Gasteiger partial charge on any atom is 0.306 e. The molecule has 0 N–H and O–H groups in total. The summed E-state index contributed by atoms with van der Waals surface area (Å²) in [6.07, 6.45) is 0.986. The quantitative estimate of drug-likeness (QED) is 0.487. The number of hydrogen-bond donors (Lipinski definition) is 0. The van der Waals surface area contributed by atoms with Crippen molar-refractivity contribution in [1.82, 2.24) is 4.90 Å². The van der Waals surface area contributed by atoms with Crippen molar-refractivity contribution in [2.75, 3.05) is 32.4 Å². The van der Waals surface area contributed by atoms with Gasteiger partial charge in [-0.05, 0) is 31.5 Å². The fraction of sp³-hybridized carbons (Fsp3) is 0.562. The van der Waals surface area contributed by atoms with Crippen molar-refractivity contribution >= 4 is 27.6 Å². The summed E-state index contributed by atoms with van der Waals surface area (Å²) in [5.41, 5.74) is 0.180. The monoisotopic (exact) mass is 377 g/mol. The van der Waals surface area contributed by atoms with Crippen LogP contribution in [0.1, 0.15) is 19.4 Å². The van der Waals surface area contributed by atoms with Crippen LogP contribution in [-0.2, 0) is 26.2 Å². The molecule has 0 aliphatic carbocycles. The van der Waals surface area contributed by atoms with E-state index in [0.717, 1.165) is 11.8 Å². The third kappa shape index (κ3) is 6.67. The molecule has 0 aliphatic heterocycles. The highest BCUT2D eigenvalue weighted by Gasteiger charge is 2.31. The van der Waals surface area contributed by atoms with Crippen LogP contribution >= 0.6 is 11.6 Å². The molecule has 1 rings (SSSR count). The molecule has 8 heteroatoms. The SMILES string of the molecule is COCCN(Cc1ccc(OS(C)(=O)=O)cc1)C(=O)C(C)(C)CCl. The Morgan fingerprint density at radius 1 is 1.25 bits per heavy atom. The van der Waals surface area contributed by atoms with Crippen molar-refractivity contribution < 1.29 is 22.1 Å². The van der Waals surface area contributed by atoms with E-state index < -0.39 is 15.5 Å². The Hall–Kier alpha value is -1.31. The Morgan fingerprint density at radius 3 is 2.29 bits per heavy atom. The summed E-state index contributed by atoms with van der Waals surface area (Å²) in [6, 6.07) is 6.56. The fourth-order valence-corrected chi connectivity index (χ4v) is 2.56. The maximum atomic E-state index is 12.6. The number of benzene rings is 1. The number of hydrogen-bond acceptors (Lipinski definition) is 5. The average Bonchev–Trinajstić information content (AvgIpc) is 2.51. The summed E-state index contributed by atoms with van der Waals surface area (Å²) >= 11 is 5.90. The smallest absolute Gasteiger partial charge is 0.306 e. The Labute approximate surface area is 148 Å². The lowest BCUT2D eigenvalue weighted by atomic mass is 9.94. The molecular weight excluding hydrogens is 354 g/mol. The van der Waals surface area contributed by atoms with Crippen molar-refractivity contribution in [1.29, 1.82) is 0 Å². The van der Waals surface area contributed by atoms with E-state index in [1.165, 1.54) is 0 Å². The third-order valence-electron chi connectivity index (χ3n) is 3.31. The first kappa shape index (κ1) is 20.7. The van der Waals surface area contributed by atoms with Crippen molar-refractivity contribution in [3.8, 4) is 5.75 Å². The zero-order chi connectivity index (χ0) is 18.4. The molecule has 6 nitrogen and oxygen atoms in total. The molecular formula is C16H24ClNO5S. The van der Waals surface area contributed by atoms with Gasteiger partial charge < -0.3 is 13.8 Å². The van der Waals surface area contributed by atoms with Crippen LogP contribution in [0.2, 0.25) is 0 Å². The number of methoxy groups -OCH3 is 1. The minimum Gasteiger partial charge on any atom is -0.383 e. The number of alkyl halides is 1. The molecule has 0 aliphatic rings. The largest absolute Gasteiger partial charge is 0.383 e. The Kier molecular flexibility index (Phi) is 7.51. The molecule has 1 amide bonds. The van der Waals surface area contributed by atoms with E-state index >= 15 is 0 Å². The first-order valence-electron chi connectivity index (χ1n) is 7.42. The van der Waals surface area contributed by atoms with Gasteiger partial charge >= 0.3 is 10.1 Å². The van der Waals surface area contributed by atoms with Gasteiger partial charge in [0.1, 0.15) is 5.75 Å². The lowest BCUT2D eigenvalue weighted by Crippen LogP contribution is -2.43. The molecule has 24 heavy (non-hydrogen) atoms. The number of nitrogens with zero attached hydrogens (tertiary/aromatic N) is 1. The molecule has 1 aromatic carbocycles. The van der Waals surface area contributed by atoms with Crippen LogP contribution < -0.4 is 4.18 Å². The number of amides is 1. The van der Waals surface area contributed by atoms with Crippen LogP contribution in [0, 0.1) is 5.41 Å². The Bertz CT molecular complexity index is 643. The highest BCUT2D eigenvalue weighted by molar-refractivity contribution is 7.86. The van der Waals surface area contributed by atoms with Crippen LogP contribution in [0.25, 0.3) is 0 Å². The highest BCUT2D eigenvalue weighted by atomic mass is 35.5. The zero-order valence-electron chi connectivity index (χ0n) is 14.4. The molecule has 0 spiro atoms.